The van der Waals surface area contributed by atoms with E-state index in [1.165, 1.54) is 36.8 Å². The van der Waals surface area contributed by atoms with Crippen molar-refractivity contribution in [1.29, 1.82) is 0 Å². The highest BCUT2D eigenvalue weighted by molar-refractivity contribution is 5.79. The van der Waals surface area contributed by atoms with Crippen molar-refractivity contribution < 1.29 is 4.79 Å². The zero-order chi connectivity index (χ0) is 13.8. The molecule has 2 aliphatic rings. The Hall–Kier alpha value is -1.35. The first-order chi connectivity index (χ1) is 9.84. The molecular formula is C17H24N2O. The van der Waals surface area contributed by atoms with Crippen LogP contribution in [0.2, 0.25) is 0 Å². The smallest absolute Gasteiger partial charge is 0.226 e. The molecule has 0 bridgehead atoms. The van der Waals surface area contributed by atoms with Gasteiger partial charge in [-0.2, -0.15) is 0 Å². The van der Waals surface area contributed by atoms with Crippen LogP contribution in [0.4, 0.5) is 0 Å². The number of amides is 1. The van der Waals surface area contributed by atoms with Crippen LogP contribution >= 0.6 is 0 Å². The number of carbonyl (C=O) groups is 1. The van der Waals surface area contributed by atoms with Gasteiger partial charge in [-0.25, -0.2) is 0 Å². The summed E-state index contributed by atoms with van der Waals surface area (Å²) in [5.74, 6) is 0.880. The highest BCUT2D eigenvalue weighted by atomic mass is 16.2. The summed E-state index contributed by atoms with van der Waals surface area (Å²) in [6, 6.07) is 8.52. The fraction of sp³-hybridized carbons (Fsp3) is 0.588. The molecule has 2 aliphatic heterocycles. The van der Waals surface area contributed by atoms with Crippen LogP contribution in [0.3, 0.4) is 0 Å². The summed E-state index contributed by atoms with van der Waals surface area (Å²) in [5, 5.41) is 3.47. The number of hydrogen-bond donors (Lipinski definition) is 1. The van der Waals surface area contributed by atoms with Crippen molar-refractivity contribution in [2.45, 2.75) is 38.0 Å². The largest absolute Gasteiger partial charge is 0.342 e. The number of nitrogens with one attached hydrogen (secondary N) is 1. The number of hydrogen-bond acceptors (Lipinski definition) is 2. The molecule has 1 N–H and O–H groups in total. The van der Waals surface area contributed by atoms with Crippen LogP contribution in [0, 0.1) is 0 Å². The zero-order valence-electron chi connectivity index (χ0n) is 12.1. The minimum atomic E-state index is 0.304. The maximum atomic E-state index is 12.4. The predicted molar refractivity (Wildman–Crippen MR) is 80.8 cm³/mol. The lowest BCUT2D eigenvalue weighted by Crippen LogP contribution is -2.31. The van der Waals surface area contributed by atoms with Crippen molar-refractivity contribution >= 4 is 5.91 Å². The van der Waals surface area contributed by atoms with Crippen LogP contribution in [0.1, 0.15) is 42.7 Å². The molecule has 0 aliphatic carbocycles. The van der Waals surface area contributed by atoms with Crippen LogP contribution < -0.4 is 5.32 Å². The van der Waals surface area contributed by atoms with Gasteiger partial charge >= 0.3 is 0 Å². The summed E-state index contributed by atoms with van der Waals surface area (Å²) in [5.41, 5.74) is 2.62. The third kappa shape index (κ3) is 3.04. The maximum absolute atomic E-state index is 12.4. The van der Waals surface area contributed by atoms with Gasteiger partial charge in [0, 0.05) is 19.6 Å². The highest BCUT2D eigenvalue weighted by Crippen LogP contribution is 2.27. The Morgan fingerprint density at radius 3 is 2.75 bits per heavy atom. The summed E-state index contributed by atoms with van der Waals surface area (Å²) < 4.78 is 0. The Morgan fingerprint density at radius 2 is 2.00 bits per heavy atom. The monoisotopic (exact) mass is 272 g/mol. The predicted octanol–water partition coefficient (Wildman–Crippen LogP) is 2.32. The summed E-state index contributed by atoms with van der Waals surface area (Å²) >= 11 is 0. The lowest BCUT2D eigenvalue weighted by molar-refractivity contribution is -0.129. The molecule has 1 atom stereocenters. The van der Waals surface area contributed by atoms with Crippen molar-refractivity contribution in [3.05, 3.63) is 35.4 Å². The summed E-state index contributed by atoms with van der Waals surface area (Å²) in [6.07, 6.45) is 5.38. The highest BCUT2D eigenvalue weighted by Gasteiger charge is 2.22. The molecule has 0 aromatic heterocycles. The molecule has 1 amide bonds. The number of carbonyl (C=O) groups excluding carboxylic acids is 1. The number of piperidine rings is 1. The van der Waals surface area contributed by atoms with E-state index in [4.69, 9.17) is 0 Å². The van der Waals surface area contributed by atoms with Gasteiger partial charge < -0.3 is 10.2 Å². The molecule has 0 radical (unpaired) electrons. The van der Waals surface area contributed by atoms with Gasteiger partial charge in [0.25, 0.3) is 0 Å². The van der Waals surface area contributed by atoms with E-state index in [1.54, 1.807) is 0 Å². The number of likely N-dealkylation sites (tertiary alicyclic amines) is 1. The van der Waals surface area contributed by atoms with Gasteiger partial charge in [-0.05, 0) is 49.3 Å². The van der Waals surface area contributed by atoms with E-state index in [1.807, 2.05) is 4.90 Å². The first kappa shape index (κ1) is 13.6. The third-order valence-corrected chi connectivity index (χ3v) is 4.59. The van der Waals surface area contributed by atoms with Crippen molar-refractivity contribution in [3.63, 3.8) is 0 Å². The van der Waals surface area contributed by atoms with Crippen molar-refractivity contribution in [2.24, 2.45) is 0 Å². The van der Waals surface area contributed by atoms with Gasteiger partial charge in [0.05, 0.1) is 6.42 Å². The van der Waals surface area contributed by atoms with Crippen LogP contribution in [0.15, 0.2) is 24.3 Å². The van der Waals surface area contributed by atoms with Crippen LogP contribution in [-0.4, -0.2) is 37.0 Å². The van der Waals surface area contributed by atoms with Gasteiger partial charge in [0.15, 0.2) is 0 Å². The summed E-state index contributed by atoms with van der Waals surface area (Å²) in [6.45, 7) is 4.08. The second kappa shape index (κ2) is 6.40. The first-order valence-corrected chi connectivity index (χ1v) is 7.91. The molecule has 0 saturated carbocycles. The fourth-order valence-corrected chi connectivity index (χ4v) is 3.45. The van der Waals surface area contributed by atoms with Crippen LogP contribution in [-0.2, 0) is 11.2 Å². The molecule has 3 rings (SSSR count). The van der Waals surface area contributed by atoms with Gasteiger partial charge in [0.2, 0.25) is 5.91 Å². The Bertz CT molecular complexity index is 460. The maximum Gasteiger partial charge on any atom is 0.226 e. The molecule has 1 unspecified atom stereocenters. The molecule has 108 valence electrons. The number of benzene rings is 1. The Morgan fingerprint density at radius 1 is 1.20 bits per heavy atom. The average Bonchev–Trinajstić information content (AvgIpc) is 3.03. The van der Waals surface area contributed by atoms with Crippen molar-refractivity contribution in [2.75, 3.05) is 26.2 Å². The molecule has 0 spiro atoms. The number of nitrogens with zero attached hydrogens (tertiary/aromatic N) is 1. The van der Waals surface area contributed by atoms with Gasteiger partial charge in [-0.15, -0.1) is 0 Å². The van der Waals surface area contributed by atoms with E-state index in [9.17, 15) is 4.79 Å². The summed E-state index contributed by atoms with van der Waals surface area (Å²) in [4.78, 5) is 14.4. The van der Waals surface area contributed by atoms with Gasteiger partial charge in [-0.3, -0.25) is 4.79 Å². The molecule has 3 heteroatoms. The summed E-state index contributed by atoms with van der Waals surface area (Å²) in [7, 11) is 0. The lowest BCUT2D eigenvalue weighted by atomic mass is 9.87. The molecular weight excluding hydrogens is 248 g/mol. The van der Waals surface area contributed by atoms with E-state index in [2.05, 4.69) is 29.6 Å². The topological polar surface area (TPSA) is 32.3 Å². The second-order valence-corrected chi connectivity index (χ2v) is 6.01. The van der Waals surface area contributed by atoms with Gasteiger partial charge in [0.1, 0.15) is 0 Å². The molecule has 1 aromatic carbocycles. The Balaban J connectivity index is 1.73. The van der Waals surface area contributed by atoms with Gasteiger partial charge in [-0.1, -0.05) is 24.3 Å². The number of rotatable bonds is 3. The molecule has 2 heterocycles. The SMILES string of the molecule is O=C(Cc1ccccc1C1CCCNC1)N1CCCC1. The molecule has 3 nitrogen and oxygen atoms in total. The Kier molecular flexibility index (Phi) is 4.36. The average molecular weight is 272 g/mol. The molecule has 2 fully saturated rings. The van der Waals surface area contributed by atoms with Crippen LogP contribution in [0.5, 0.6) is 0 Å². The third-order valence-electron chi connectivity index (χ3n) is 4.59. The standard InChI is InChI=1S/C17H24N2O/c20-17(19-10-3-4-11-19)12-14-6-1-2-8-16(14)15-7-5-9-18-13-15/h1-2,6,8,15,18H,3-5,7,9-13H2. The van der Waals surface area contributed by atoms with E-state index in [0.29, 0.717) is 18.2 Å². The lowest BCUT2D eigenvalue weighted by Gasteiger charge is -2.25. The quantitative estimate of drug-likeness (QED) is 0.916. The zero-order valence-corrected chi connectivity index (χ0v) is 12.1. The minimum Gasteiger partial charge on any atom is -0.342 e. The second-order valence-electron chi connectivity index (χ2n) is 6.01. The fourth-order valence-electron chi connectivity index (χ4n) is 3.45. The Labute approximate surface area is 121 Å². The minimum absolute atomic E-state index is 0.304. The van der Waals surface area contributed by atoms with E-state index in [-0.39, 0.29) is 0 Å². The van der Waals surface area contributed by atoms with E-state index >= 15 is 0 Å². The van der Waals surface area contributed by atoms with E-state index in [0.717, 1.165) is 26.2 Å². The van der Waals surface area contributed by atoms with Crippen LogP contribution in [0.25, 0.3) is 0 Å². The normalized spacial score (nSPS) is 23.0. The van der Waals surface area contributed by atoms with Crippen molar-refractivity contribution in [1.82, 2.24) is 10.2 Å². The molecule has 1 aromatic rings. The molecule has 2 saturated heterocycles. The van der Waals surface area contributed by atoms with E-state index < -0.39 is 0 Å². The molecule has 20 heavy (non-hydrogen) atoms. The first-order valence-electron chi connectivity index (χ1n) is 7.91. The van der Waals surface area contributed by atoms with Crippen molar-refractivity contribution in [3.8, 4) is 0 Å².